The summed E-state index contributed by atoms with van der Waals surface area (Å²) in [7, 11) is 0. The van der Waals surface area contributed by atoms with E-state index in [1.54, 1.807) is 0 Å². The molecule has 0 aliphatic heterocycles. The zero-order valence-electron chi connectivity index (χ0n) is 9.83. The first-order chi connectivity index (χ1) is 7.04. The average Bonchev–Trinajstić information content (AvgIpc) is 2.18. The van der Waals surface area contributed by atoms with Crippen molar-refractivity contribution in [3.05, 3.63) is 41.0 Å². The van der Waals surface area contributed by atoms with Gasteiger partial charge in [-0.15, -0.1) is 0 Å². The Labute approximate surface area is 92.1 Å². The van der Waals surface area contributed by atoms with Crippen molar-refractivity contribution in [1.82, 2.24) is 0 Å². The number of allylic oxidation sites excluding steroid dienone is 2. The highest BCUT2D eigenvalue weighted by Crippen LogP contribution is 2.21. The van der Waals surface area contributed by atoms with Gasteiger partial charge in [-0.1, -0.05) is 43.7 Å². The first-order valence-corrected chi connectivity index (χ1v) is 5.24. The van der Waals surface area contributed by atoms with Gasteiger partial charge in [-0.25, -0.2) is 0 Å². The number of hydrogen-bond acceptors (Lipinski definition) is 1. The Kier molecular flexibility index (Phi) is 3.68. The molecule has 0 atom stereocenters. The molecule has 1 nitrogen and oxygen atoms in total. The van der Waals surface area contributed by atoms with E-state index in [0.717, 1.165) is 16.7 Å². The molecular formula is C14H17N. The summed E-state index contributed by atoms with van der Waals surface area (Å²) in [5.74, 6) is 0.402. The highest BCUT2D eigenvalue weighted by molar-refractivity contribution is 5.78. The van der Waals surface area contributed by atoms with Crippen LogP contribution in [-0.2, 0) is 0 Å². The van der Waals surface area contributed by atoms with Crippen molar-refractivity contribution in [1.29, 1.82) is 5.26 Å². The predicted octanol–water partition coefficient (Wildman–Crippen LogP) is 3.87. The van der Waals surface area contributed by atoms with Crippen LogP contribution in [0.2, 0.25) is 0 Å². The fourth-order valence-corrected chi connectivity index (χ4v) is 1.55. The van der Waals surface area contributed by atoms with Gasteiger partial charge in [0.1, 0.15) is 0 Å². The average molecular weight is 199 g/mol. The largest absolute Gasteiger partial charge is 0.192 e. The van der Waals surface area contributed by atoms with Crippen LogP contribution in [0.1, 0.15) is 30.5 Å². The number of nitrogens with zero attached hydrogens (tertiary/aromatic N) is 1. The summed E-state index contributed by atoms with van der Waals surface area (Å²) >= 11 is 0. The zero-order chi connectivity index (χ0) is 11.4. The predicted molar refractivity (Wildman–Crippen MR) is 64.3 cm³/mol. The molecule has 0 spiro atoms. The Bertz CT molecular complexity index is 419. The maximum atomic E-state index is 9.13. The van der Waals surface area contributed by atoms with Gasteiger partial charge in [-0.05, 0) is 30.9 Å². The third-order valence-electron chi connectivity index (χ3n) is 2.30. The van der Waals surface area contributed by atoms with E-state index in [1.807, 2.05) is 19.9 Å². The molecule has 0 aliphatic rings. The minimum Gasteiger partial charge on any atom is -0.192 e. The van der Waals surface area contributed by atoms with Crippen LogP contribution in [0.25, 0.3) is 5.57 Å². The van der Waals surface area contributed by atoms with E-state index in [2.05, 4.69) is 38.1 Å². The van der Waals surface area contributed by atoms with Gasteiger partial charge >= 0.3 is 0 Å². The first kappa shape index (κ1) is 11.5. The number of nitriles is 1. The van der Waals surface area contributed by atoms with Gasteiger partial charge in [0.05, 0.1) is 11.6 Å². The molecule has 0 N–H and O–H groups in total. The third kappa shape index (κ3) is 2.95. The lowest BCUT2D eigenvalue weighted by Gasteiger charge is -2.06. The number of hydrogen-bond donors (Lipinski definition) is 0. The van der Waals surface area contributed by atoms with Gasteiger partial charge in [0.25, 0.3) is 0 Å². The summed E-state index contributed by atoms with van der Waals surface area (Å²) in [4.78, 5) is 0. The van der Waals surface area contributed by atoms with Gasteiger partial charge in [0, 0.05) is 0 Å². The fraction of sp³-hybridized carbons (Fsp3) is 0.357. The molecule has 0 fully saturated rings. The van der Waals surface area contributed by atoms with E-state index in [1.165, 1.54) is 5.56 Å². The molecule has 1 aromatic rings. The fourth-order valence-electron chi connectivity index (χ4n) is 1.55. The van der Waals surface area contributed by atoms with E-state index in [9.17, 15) is 0 Å². The summed E-state index contributed by atoms with van der Waals surface area (Å²) < 4.78 is 0. The smallest absolute Gasteiger partial charge is 0.0994 e. The molecule has 0 unspecified atom stereocenters. The van der Waals surface area contributed by atoms with Crippen LogP contribution < -0.4 is 0 Å². The molecule has 78 valence electrons. The lowest BCUT2D eigenvalue weighted by Crippen LogP contribution is -1.91. The molecule has 15 heavy (non-hydrogen) atoms. The number of aryl methyl sites for hydroxylation is 2. The summed E-state index contributed by atoms with van der Waals surface area (Å²) in [6, 6.07) is 8.49. The lowest BCUT2D eigenvalue weighted by atomic mass is 9.97. The zero-order valence-corrected chi connectivity index (χ0v) is 9.83. The molecule has 0 aliphatic carbocycles. The molecule has 0 heterocycles. The lowest BCUT2D eigenvalue weighted by molar-refractivity contribution is 0.834. The van der Waals surface area contributed by atoms with Crippen LogP contribution in [0, 0.1) is 31.1 Å². The highest BCUT2D eigenvalue weighted by atomic mass is 14.3. The van der Waals surface area contributed by atoms with E-state index in [4.69, 9.17) is 5.26 Å². The summed E-state index contributed by atoms with van der Waals surface area (Å²) in [5, 5.41) is 9.13. The molecule has 1 rings (SSSR count). The SMILES string of the molecule is Cc1ccc(C)c(/C(C#N)=C/C(C)C)c1. The molecule has 1 aromatic carbocycles. The van der Waals surface area contributed by atoms with E-state index >= 15 is 0 Å². The molecule has 0 radical (unpaired) electrons. The minimum absolute atomic E-state index is 0.402. The standard InChI is InChI=1S/C14H17N/c1-10(2)7-13(9-15)14-8-11(3)5-6-12(14)4/h5-8,10H,1-4H3/b13-7+. The Balaban J connectivity index is 3.25. The van der Waals surface area contributed by atoms with Crippen LogP contribution in [0.5, 0.6) is 0 Å². The van der Waals surface area contributed by atoms with Crippen molar-refractivity contribution in [2.45, 2.75) is 27.7 Å². The van der Waals surface area contributed by atoms with Crippen molar-refractivity contribution >= 4 is 5.57 Å². The Morgan fingerprint density at radius 2 is 2.00 bits per heavy atom. The molecule has 1 heteroatoms. The molecule has 0 saturated heterocycles. The summed E-state index contributed by atoms with van der Waals surface area (Å²) in [6.45, 7) is 8.26. The van der Waals surface area contributed by atoms with Gasteiger partial charge < -0.3 is 0 Å². The Hall–Kier alpha value is -1.55. The summed E-state index contributed by atoms with van der Waals surface area (Å²) in [5.41, 5.74) is 4.20. The molecule has 0 bridgehead atoms. The molecule has 0 saturated carbocycles. The topological polar surface area (TPSA) is 23.8 Å². The Morgan fingerprint density at radius 3 is 2.53 bits per heavy atom. The molecule has 0 amide bonds. The van der Waals surface area contributed by atoms with Crippen molar-refractivity contribution in [2.24, 2.45) is 5.92 Å². The maximum absolute atomic E-state index is 9.13. The second kappa shape index (κ2) is 4.79. The highest BCUT2D eigenvalue weighted by Gasteiger charge is 2.05. The van der Waals surface area contributed by atoms with Crippen molar-refractivity contribution in [3.63, 3.8) is 0 Å². The van der Waals surface area contributed by atoms with E-state index in [-0.39, 0.29) is 0 Å². The monoisotopic (exact) mass is 199 g/mol. The number of rotatable bonds is 2. The van der Waals surface area contributed by atoms with Crippen LogP contribution in [0.15, 0.2) is 24.3 Å². The minimum atomic E-state index is 0.402. The van der Waals surface area contributed by atoms with Crippen LogP contribution in [-0.4, -0.2) is 0 Å². The van der Waals surface area contributed by atoms with Gasteiger partial charge in [-0.3, -0.25) is 0 Å². The number of benzene rings is 1. The van der Waals surface area contributed by atoms with E-state index in [0.29, 0.717) is 5.92 Å². The third-order valence-corrected chi connectivity index (χ3v) is 2.30. The van der Waals surface area contributed by atoms with Crippen molar-refractivity contribution in [2.75, 3.05) is 0 Å². The van der Waals surface area contributed by atoms with E-state index < -0.39 is 0 Å². The Morgan fingerprint density at radius 1 is 1.33 bits per heavy atom. The van der Waals surface area contributed by atoms with Gasteiger partial charge in [-0.2, -0.15) is 5.26 Å². The van der Waals surface area contributed by atoms with Crippen LogP contribution >= 0.6 is 0 Å². The summed E-state index contributed by atoms with van der Waals surface area (Å²) in [6.07, 6.45) is 2.02. The van der Waals surface area contributed by atoms with Crippen molar-refractivity contribution in [3.8, 4) is 6.07 Å². The van der Waals surface area contributed by atoms with Gasteiger partial charge in [0.15, 0.2) is 0 Å². The van der Waals surface area contributed by atoms with Crippen LogP contribution in [0.4, 0.5) is 0 Å². The van der Waals surface area contributed by atoms with Gasteiger partial charge in [0.2, 0.25) is 0 Å². The normalized spacial score (nSPS) is 11.6. The first-order valence-electron chi connectivity index (χ1n) is 5.24. The second-order valence-electron chi connectivity index (χ2n) is 4.25. The van der Waals surface area contributed by atoms with Crippen LogP contribution in [0.3, 0.4) is 0 Å². The molecular weight excluding hydrogens is 182 g/mol. The van der Waals surface area contributed by atoms with Crippen molar-refractivity contribution < 1.29 is 0 Å². The quantitative estimate of drug-likeness (QED) is 0.663. The second-order valence-corrected chi connectivity index (χ2v) is 4.25. The maximum Gasteiger partial charge on any atom is 0.0994 e. The molecule has 0 aromatic heterocycles.